The van der Waals surface area contributed by atoms with E-state index < -0.39 is 0 Å². The fourth-order valence-electron chi connectivity index (χ4n) is 3.33. The van der Waals surface area contributed by atoms with Crippen LogP contribution in [0.15, 0.2) is 53.8 Å². The molecule has 0 saturated carbocycles. The van der Waals surface area contributed by atoms with E-state index in [2.05, 4.69) is 32.5 Å². The Morgan fingerprint density at radius 1 is 1.00 bits per heavy atom. The maximum atomic E-state index is 12.3. The van der Waals surface area contributed by atoms with Gasteiger partial charge < -0.3 is 10.2 Å². The molecule has 1 saturated heterocycles. The van der Waals surface area contributed by atoms with Crippen LogP contribution in [0.2, 0.25) is 0 Å². The van der Waals surface area contributed by atoms with Gasteiger partial charge in [0.05, 0.1) is 5.75 Å². The Balaban J connectivity index is 1.32. The number of amides is 1. The molecule has 0 bridgehead atoms. The standard InChI is InChI=1S/C20H23N5OS/c26-19(15-27-20-23-22-18-7-3-6-14-25(18)20)21-16-8-10-17(11-9-16)24-12-4-1-2-5-13-24/h3,6-11,14H,1-2,4-5,12-13,15H2,(H,21,26). The van der Waals surface area contributed by atoms with Gasteiger partial charge in [0.2, 0.25) is 5.91 Å². The van der Waals surface area contributed by atoms with Crippen molar-refractivity contribution in [2.24, 2.45) is 0 Å². The SMILES string of the molecule is O=C(CSc1nnc2ccccn12)Nc1ccc(N2CCCCCC2)cc1. The molecule has 1 aliphatic heterocycles. The van der Waals surface area contributed by atoms with Crippen molar-refractivity contribution >= 4 is 34.7 Å². The van der Waals surface area contributed by atoms with Crippen LogP contribution in [0.1, 0.15) is 25.7 Å². The van der Waals surface area contributed by atoms with E-state index in [9.17, 15) is 4.79 Å². The van der Waals surface area contributed by atoms with Crippen LogP contribution in [0, 0.1) is 0 Å². The second kappa shape index (κ2) is 8.43. The molecule has 140 valence electrons. The van der Waals surface area contributed by atoms with Gasteiger partial charge in [-0.05, 0) is 49.2 Å². The molecule has 2 aromatic heterocycles. The van der Waals surface area contributed by atoms with Gasteiger partial charge in [-0.25, -0.2) is 0 Å². The van der Waals surface area contributed by atoms with Crippen LogP contribution >= 0.6 is 11.8 Å². The summed E-state index contributed by atoms with van der Waals surface area (Å²) in [4.78, 5) is 14.7. The van der Waals surface area contributed by atoms with Crippen molar-refractivity contribution in [1.82, 2.24) is 14.6 Å². The summed E-state index contributed by atoms with van der Waals surface area (Å²) < 4.78 is 1.88. The summed E-state index contributed by atoms with van der Waals surface area (Å²) >= 11 is 1.38. The van der Waals surface area contributed by atoms with Crippen molar-refractivity contribution in [3.05, 3.63) is 48.7 Å². The largest absolute Gasteiger partial charge is 0.372 e. The molecule has 4 rings (SSSR count). The van der Waals surface area contributed by atoms with Gasteiger partial charge in [-0.3, -0.25) is 9.20 Å². The fraction of sp³-hybridized carbons (Fsp3) is 0.350. The first-order chi connectivity index (χ1) is 13.3. The van der Waals surface area contributed by atoms with Crippen LogP contribution in [0.3, 0.4) is 0 Å². The van der Waals surface area contributed by atoms with Crippen LogP contribution in [-0.2, 0) is 4.79 Å². The minimum Gasteiger partial charge on any atom is -0.372 e. The van der Waals surface area contributed by atoms with E-state index in [1.54, 1.807) is 0 Å². The predicted octanol–water partition coefficient (Wildman–Crippen LogP) is 3.84. The highest BCUT2D eigenvalue weighted by atomic mass is 32.2. The molecule has 6 nitrogen and oxygen atoms in total. The molecule has 7 heteroatoms. The van der Waals surface area contributed by atoms with Crippen molar-refractivity contribution in [3.8, 4) is 0 Å². The van der Waals surface area contributed by atoms with Crippen LogP contribution in [0.4, 0.5) is 11.4 Å². The Morgan fingerprint density at radius 3 is 2.56 bits per heavy atom. The number of nitrogens with zero attached hydrogens (tertiary/aromatic N) is 4. The molecule has 27 heavy (non-hydrogen) atoms. The average Bonchev–Trinajstić information content (AvgIpc) is 2.91. The molecule has 0 unspecified atom stereocenters. The fourth-order valence-corrected chi connectivity index (χ4v) is 4.05. The summed E-state index contributed by atoms with van der Waals surface area (Å²) in [6, 6.07) is 13.9. The minimum absolute atomic E-state index is 0.0461. The third-order valence-electron chi connectivity index (χ3n) is 4.74. The quantitative estimate of drug-likeness (QED) is 0.681. The smallest absolute Gasteiger partial charge is 0.234 e. The highest BCUT2D eigenvalue weighted by Crippen LogP contribution is 2.22. The number of nitrogens with one attached hydrogen (secondary N) is 1. The first kappa shape index (κ1) is 17.9. The molecule has 0 aliphatic carbocycles. The number of aromatic nitrogens is 3. The minimum atomic E-state index is -0.0461. The summed E-state index contributed by atoms with van der Waals surface area (Å²) in [5.74, 6) is 0.249. The van der Waals surface area contributed by atoms with Crippen molar-refractivity contribution in [1.29, 1.82) is 0 Å². The number of benzene rings is 1. The van der Waals surface area contributed by atoms with E-state index >= 15 is 0 Å². The normalized spacial score (nSPS) is 14.9. The molecule has 0 atom stereocenters. The lowest BCUT2D eigenvalue weighted by molar-refractivity contribution is -0.113. The lowest BCUT2D eigenvalue weighted by Gasteiger charge is -2.22. The van der Waals surface area contributed by atoms with E-state index in [1.165, 1.54) is 43.1 Å². The summed E-state index contributed by atoms with van der Waals surface area (Å²) in [5.41, 5.74) is 2.84. The van der Waals surface area contributed by atoms with Crippen LogP contribution in [0.5, 0.6) is 0 Å². The second-order valence-corrected chi connectivity index (χ2v) is 7.64. The summed E-state index contributed by atoms with van der Waals surface area (Å²) in [7, 11) is 0. The monoisotopic (exact) mass is 381 g/mol. The second-order valence-electron chi connectivity index (χ2n) is 6.70. The maximum absolute atomic E-state index is 12.3. The lowest BCUT2D eigenvalue weighted by Crippen LogP contribution is -2.23. The van der Waals surface area contributed by atoms with E-state index in [4.69, 9.17) is 0 Å². The number of hydrogen-bond acceptors (Lipinski definition) is 5. The van der Waals surface area contributed by atoms with Crippen molar-refractivity contribution in [2.75, 3.05) is 29.1 Å². The highest BCUT2D eigenvalue weighted by Gasteiger charge is 2.11. The molecule has 1 fully saturated rings. The molecule has 0 radical (unpaired) electrons. The molecule has 1 aliphatic rings. The Kier molecular flexibility index (Phi) is 5.58. The third kappa shape index (κ3) is 4.42. The van der Waals surface area contributed by atoms with Gasteiger partial charge in [-0.2, -0.15) is 0 Å². The van der Waals surface area contributed by atoms with Gasteiger partial charge in [0, 0.05) is 30.7 Å². The molecule has 0 spiro atoms. The summed E-state index contributed by atoms with van der Waals surface area (Å²) in [6.07, 6.45) is 7.06. The van der Waals surface area contributed by atoms with Crippen molar-refractivity contribution in [2.45, 2.75) is 30.8 Å². The number of carbonyl (C=O) groups excluding carboxylic acids is 1. The Morgan fingerprint density at radius 2 is 1.78 bits per heavy atom. The molecule has 1 aromatic carbocycles. The number of rotatable bonds is 5. The molecule has 3 aromatic rings. The average molecular weight is 382 g/mol. The molecular weight excluding hydrogens is 358 g/mol. The molecular formula is C20H23N5OS. The lowest BCUT2D eigenvalue weighted by atomic mass is 10.2. The van der Waals surface area contributed by atoms with E-state index in [0.29, 0.717) is 5.75 Å². The topological polar surface area (TPSA) is 62.5 Å². The highest BCUT2D eigenvalue weighted by molar-refractivity contribution is 7.99. The van der Waals surface area contributed by atoms with E-state index in [-0.39, 0.29) is 5.91 Å². The van der Waals surface area contributed by atoms with Crippen molar-refractivity contribution < 1.29 is 4.79 Å². The zero-order chi connectivity index (χ0) is 18.5. The Bertz CT molecular complexity index is 900. The summed E-state index contributed by atoms with van der Waals surface area (Å²) in [6.45, 7) is 2.24. The van der Waals surface area contributed by atoms with Gasteiger partial charge >= 0.3 is 0 Å². The summed E-state index contributed by atoms with van der Waals surface area (Å²) in [5, 5.41) is 11.9. The predicted molar refractivity (Wildman–Crippen MR) is 109 cm³/mol. The molecule has 1 amide bonds. The van der Waals surface area contributed by atoms with Crippen LogP contribution in [0.25, 0.3) is 5.65 Å². The number of anilines is 2. The zero-order valence-corrected chi connectivity index (χ0v) is 16.0. The molecule has 1 N–H and O–H groups in total. The van der Waals surface area contributed by atoms with E-state index in [1.807, 2.05) is 40.9 Å². The zero-order valence-electron chi connectivity index (χ0n) is 15.2. The maximum Gasteiger partial charge on any atom is 0.234 e. The number of fused-ring (bicyclic) bond motifs is 1. The van der Waals surface area contributed by atoms with E-state index in [0.717, 1.165) is 29.6 Å². The Hall–Kier alpha value is -2.54. The third-order valence-corrected chi connectivity index (χ3v) is 5.68. The number of pyridine rings is 1. The number of hydrogen-bond donors (Lipinski definition) is 1. The van der Waals surface area contributed by atoms with Gasteiger partial charge in [-0.1, -0.05) is 30.7 Å². The van der Waals surface area contributed by atoms with Crippen LogP contribution < -0.4 is 10.2 Å². The van der Waals surface area contributed by atoms with Gasteiger partial charge in [0.15, 0.2) is 10.8 Å². The first-order valence-corrected chi connectivity index (χ1v) is 10.4. The number of carbonyl (C=O) groups is 1. The van der Waals surface area contributed by atoms with Crippen LogP contribution in [-0.4, -0.2) is 39.3 Å². The van der Waals surface area contributed by atoms with Gasteiger partial charge in [0.25, 0.3) is 0 Å². The molecule has 3 heterocycles. The van der Waals surface area contributed by atoms with Gasteiger partial charge in [-0.15, -0.1) is 10.2 Å². The van der Waals surface area contributed by atoms with Crippen molar-refractivity contribution in [3.63, 3.8) is 0 Å². The van der Waals surface area contributed by atoms with Gasteiger partial charge in [0.1, 0.15) is 0 Å². The number of thioether (sulfide) groups is 1. The Labute approximate surface area is 163 Å². The first-order valence-electron chi connectivity index (χ1n) is 9.37.